The summed E-state index contributed by atoms with van der Waals surface area (Å²) in [5, 5.41) is 3.97. The molecule has 2 aromatic heterocycles. The second-order valence-corrected chi connectivity index (χ2v) is 6.12. The minimum atomic E-state index is -0.477. The number of benzene rings is 1. The fourth-order valence-electron chi connectivity index (χ4n) is 2.52. The van der Waals surface area contributed by atoms with Gasteiger partial charge < -0.3 is 9.15 Å². The van der Waals surface area contributed by atoms with Crippen LogP contribution >= 0.6 is 11.6 Å². The maximum absolute atomic E-state index is 12.0. The number of ether oxygens (including phenoxy) is 1. The normalized spacial score (nSPS) is 10.8. The summed E-state index contributed by atoms with van der Waals surface area (Å²) in [6, 6.07) is 11.8. The molecule has 0 aliphatic heterocycles. The molecule has 0 bridgehead atoms. The summed E-state index contributed by atoms with van der Waals surface area (Å²) < 4.78 is 10.5. The van der Waals surface area contributed by atoms with E-state index in [2.05, 4.69) is 15.5 Å². The number of nitrogens with zero attached hydrogens (tertiary/aromatic N) is 2. The van der Waals surface area contributed by atoms with Gasteiger partial charge in [0.15, 0.2) is 0 Å². The summed E-state index contributed by atoms with van der Waals surface area (Å²) in [4.78, 5) is 27.5. The van der Waals surface area contributed by atoms with Crippen LogP contribution in [0, 0.1) is 6.92 Å². The highest BCUT2D eigenvalue weighted by atomic mass is 35.5. The highest BCUT2D eigenvalue weighted by Gasteiger charge is 2.12. The van der Waals surface area contributed by atoms with Crippen molar-refractivity contribution in [2.75, 3.05) is 7.11 Å². The molecule has 0 aliphatic carbocycles. The monoisotopic (exact) mass is 397 g/mol. The lowest BCUT2D eigenvalue weighted by Gasteiger charge is -2.05. The standard InChI is InChI=1S/C20H16ClN3O4/c1-12-10-13(20(26)27-2)5-7-15(12)17-8-6-14(28-17)11-23-24-19(25)16-4-3-9-22-18(16)21/h3-11H,1-2H3,(H,24,25). The Morgan fingerprint density at radius 3 is 2.79 bits per heavy atom. The number of esters is 1. The van der Waals surface area contributed by atoms with Gasteiger partial charge in [-0.15, -0.1) is 0 Å². The molecule has 0 spiro atoms. The number of amides is 1. The van der Waals surface area contributed by atoms with Crippen molar-refractivity contribution in [2.45, 2.75) is 6.92 Å². The lowest BCUT2D eigenvalue weighted by molar-refractivity contribution is 0.0600. The molecule has 1 amide bonds. The van der Waals surface area contributed by atoms with Crippen LogP contribution in [-0.2, 0) is 4.74 Å². The molecule has 28 heavy (non-hydrogen) atoms. The van der Waals surface area contributed by atoms with E-state index in [0.717, 1.165) is 11.1 Å². The zero-order valence-corrected chi connectivity index (χ0v) is 15.9. The molecule has 0 radical (unpaired) electrons. The summed E-state index contributed by atoms with van der Waals surface area (Å²) in [7, 11) is 1.34. The predicted octanol–water partition coefficient (Wildman–Crippen LogP) is 3.85. The molecule has 3 aromatic rings. The number of pyridine rings is 1. The Bertz CT molecular complexity index is 1060. The molecular formula is C20H16ClN3O4. The van der Waals surface area contributed by atoms with E-state index in [0.29, 0.717) is 17.1 Å². The van der Waals surface area contributed by atoms with Crippen LogP contribution < -0.4 is 5.43 Å². The molecule has 0 saturated heterocycles. The summed E-state index contributed by atoms with van der Waals surface area (Å²) in [5.41, 5.74) is 4.75. The van der Waals surface area contributed by atoms with E-state index < -0.39 is 11.9 Å². The van der Waals surface area contributed by atoms with Gasteiger partial charge in [0.25, 0.3) is 5.91 Å². The number of furan rings is 1. The van der Waals surface area contributed by atoms with Crippen LogP contribution in [0.5, 0.6) is 0 Å². The molecule has 1 aromatic carbocycles. The number of aromatic nitrogens is 1. The van der Waals surface area contributed by atoms with Gasteiger partial charge in [0.1, 0.15) is 16.7 Å². The molecule has 0 unspecified atom stereocenters. The Labute approximate surface area is 166 Å². The topological polar surface area (TPSA) is 93.8 Å². The van der Waals surface area contributed by atoms with E-state index in [-0.39, 0.29) is 10.7 Å². The molecule has 8 heteroatoms. The van der Waals surface area contributed by atoms with Crippen LogP contribution in [-0.4, -0.2) is 30.2 Å². The van der Waals surface area contributed by atoms with Gasteiger partial charge in [0.2, 0.25) is 0 Å². The number of rotatable bonds is 5. The molecule has 3 rings (SSSR count). The van der Waals surface area contributed by atoms with Gasteiger partial charge in [-0.05, 0) is 48.9 Å². The Morgan fingerprint density at radius 2 is 2.07 bits per heavy atom. The Morgan fingerprint density at radius 1 is 1.25 bits per heavy atom. The molecule has 0 atom stereocenters. The van der Waals surface area contributed by atoms with Crippen molar-refractivity contribution in [3.05, 3.63) is 76.3 Å². The second-order valence-electron chi connectivity index (χ2n) is 5.76. The quantitative estimate of drug-likeness (QED) is 0.305. The fourth-order valence-corrected chi connectivity index (χ4v) is 2.73. The van der Waals surface area contributed by atoms with Crippen LogP contribution in [0.3, 0.4) is 0 Å². The number of hydrogen-bond donors (Lipinski definition) is 1. The first kappa shape index (κ1) is 19.3. The summed E-state index contributed by atoms with van der Waals surface area (Å²) in [6.07, 6.45) is 2.87. The minimum absolute atomic E-state index is 0.0985. The number of carbonyl (C=O) groups excluding carboxylic acids is 2. The molecule has 142 valence electrons. The molecule has 1 N–H and O–H groups in total. The molecular weight excluding hydrogens is 382 g/mol. The first-order valence-corrected chi connectivity index (χ1v) is 8.60. The average molecular weight is 398 g/mol. The van der Waals surface area contributed by atoms with Gasteiger partial charge in [-0.2, -0.15) is 5.10 Å². The number of carbonyl (C=O) groups is 2. The highest BCUT2D eigenvalue weighted by Crippen LogP contribution is 2.26. The third-order valence-electron chi connectivity index (χ3n) is 3.90. The average Bonchev–Trinajstić information content (AvgIpc) is 3.16. The number of methoxy groups -OCH3 is 1. The predicted molar refractivity (Wildman–Crippen MR) is 105 cm³/mol. The third kappa shape index (κ3) is 4.27. The summed E-state index contributed by atoms with van der Waals surface area (Å²) in [5.74, 6) is 0.183. The van der Waals surface area contributed by atoms with Crippen LogP contribution in [0.1, 0.15) is 32.0 Å². The number of hydrazone groups is 1. The highest BCUT2D eigenvalue weighted by molar-refractivity contribution is 6.32. The van der Waals surface area contributed by atoms with Crippen molar-refractivity contribution in [1.29, 1.82) is 0 Å². The van der Waals surface area contributed by atoms with E-state index in [1.807, 2.05) is 6.92 Å². The van der Waals surface area contributed by atoms with Crippen molar-refractivity contribution in [3.8, 4) is 11.3 Å². The molecule has 2 heterocycles. The zero-order chi connectivity index (χ0) is 20.1. The Hall–Kier alpha value is -3.45. The maximum Gasteiger partial charge on any atom is 0.337 e. The summed E-state index contributed by atoms with van der Waals surface area (Å²) in [6.45, 7) is 1.87. The second kappa shape index (κ2) is 8.49. The number of halogens is 1. The SMILES string of the molecule is COC(=O)c1ccc(-c2ccc(C=NNC(=O)c3cccnc3Cl)o2)c(C)c1. The van der Waals surface area contributed by atoms with Crippen LogP contribution in [0.15, 0.2) is 58.2 Å². The molecule has 0 fully saturated rings. The molecule has 0 saturated carbocycles. The first-order chi connectivity index (χ1) is 13.5. The third-order valence-corrected chi connectivity index (χ3v) is 4.20. The van der Waals surface area contributed by atoms with E-state index >= 15 is 0 Å². The minimum Gasteiger partial charge on any atom is -0.465 e. The lowest BCUT2D eigenvalue weighted by Crippen LogP contribution is -2.18. The fraction of sp³-hybridized carbons (Fsp3) is 0.100. The maximum atomic E-state index is 12.0. The van der Waals surface area contributed by atoms with E-state index in [1.54, 1.807) is 42.5 Å². The molecule has 7 nitrogen and oxygen atoms in total. The van der Waals surface area contributed by atoms with Crippen molar-refractivity contribution in [1.82, 2.24) is 10.4 Å². The van der Waals surface area contributed by atoms with Gasteiger partial charge in [-0.25, -0.2) is 15.2 Å². The zero-order valence-electron chi connectivity index (χ0n) is 15.1. The smallest absolute Gasteiger partial charge is 0.337 e. The molecule has 0 aliphatic rings. The van der Waals surface area contributed by atoms with Gasteiger partial charge in [-0.3, -0.25) is 4.79 Å². The van der Waals surface area contributed by atoms with Gasteiger partial charge in [0, 0.05) is 11.8 Å². The van der Waals surface area contributed by atoms with Crippen molar-refractivity contribution < 1.29 is 18.7 Å². The largest absolute Gasteiger partial charge is 0.465 e. The van der Waals surface area contributed by atoms with Gasteiger partial charge >= 0.3 is 5.97 Å². The first-order valence-electron chi connectivity index (χ1n) is 8.22. The van der Waals surface area contributed by atoms with Crippen molar-refractivity contribution in [3.63, 3.8) is 0 Å². The van der Waals surface area contributed by atoms with E-state index in [9.17, 15) is 9.59 Å². The lowest BCUT2D eigenvalue weighted by atomic mass is 10.0. The van der Waals surface area contributed by atoms with Crippen molar-refractivity contribution >= 4 is 29.7 Å². The summed E-state index contributed by atoms with van der Waals surface area (Å²) >= 11 is 5.87. The Kier molecular flexibility index (Phi) is 5.86. The van der Waals surface area contributed by atoms with Crippen molar-refractivity contribution in [2.24, 2.45) is 5.10 Å². The van der Waals surface area contributed by atoms with Crippen LogP contribution in [0.4, 0.5) is 0 Å². The van der Waals surface area contributed by atoms with Crippen LogP contribution in [0.25, 0.3) is 11.3 Å². The van der Waals surface area contributed by atoms with Gasteiger partial charge in [-0.1, -0.05) is 17.7 Å². The van der Waals surface area contributed by atoms with E-state index in [4.69, 9.17) is 20.8 Å². The Balaban J connectivity index is 1.71. The van der Waals surface area contributed by atoms with Gasteiger partial charge in [0.05, 0.1) is 24.5 Å². The number of hydrogen-bond acceptors (Lipinski definition) is 6. The number of nitrogens with one attached hydrogen (secondary N) is 1. The number of aryl methyl sites for hydroxylation is 1. The van der Waals surface area contributed by atoms with E-state index in [1.165, 1.54) is 19.5 Å². The van der Waals surface area contributed by atoms with Crippen LogP contribution in [0.2, 0.25) is 5.15 Å².